The second-order valence-corrected chi connectivity index (χ2v) is 9.46. The number of hydrogen-bond acceptors (Lipinski definition) is 7. The zero-order valence-corrected chi connectivity index (χ0v) is 20.0. The fourth-order valence-corrected chi connectivity index (χ4v) is 5.65. The predicted molar refractivity (Wildman–Crippen MR) is 128 cm³/mol. The van der Waals surface area contributed by atoms with Gasteiger partial charge in [0.15, 0.2) is 11.5 Å². The number of ether oxygens (including phenoxy) is 2. The van der Waals surface area contributed by atoms with Gasteiger partial charge in [0.05, 0.1) is 14.2 Å². The SMILES string of the molecule is COc1ccc(-c2noc(C=CC3CCC(C(c4cccs4)N(C)C)CC3)n2)cc1OC. The molecule has 0 bridgehead atoms. The third-order valence-corrected chi connectivity index (χ3v) is 7.19. The van der Waals surface area contributed by atoms with Gasteiger partial charge in [-0.25, -0.2) is 0 Å². The molecule has 7 heteroatoms. The van der Waals surface area contributed by atoms with Crippen molar-refractivity contribution in [2.24, 2.45) is 11.8 Å². The molecule has 0 aliphatic heterocycles. The smallest absolute Gasteiger partial charge is 0.250 e. The van der Waals surface area contributed by atoms with Crippen molar-refractivity contribution in [3.8, 4) is 22.9 Å². The lowest BCUT2D eigenvalue weighted by Gasteiger charge is -2.36. The van der Waals surface area contributed by atoms with E-state index in [1.807, 2.05) is 35.6 Å². The van der Waals surface area contributed by atoms with Crippen LogP contribution < -0.4 is 9.47 Å². The molecule has 2 heterocycles. The minimum absolute atomic E-state index is 0.514. The molecule has 1 fully saturated rings. The van der Waals surface area contributed by atoms with E-state index in [-0.39, 0.29) is 0 Å². The Morgan fingerprint density at radius 2 is 1.88 bits per heavy atom. The molecule has 1 saturated carbocycles. The van der Waals surface area contributed by atoms with Gasteiger partial charge in [-0.2, -0.15) is 4.98 Å². The molecule has 0 amide bonds. The van der Waals surface area contributed by atoms with Crippen molar-refractivity contribution in [2.75, 3.05) is 28.3 Å². The molecule has 2 aromatic heterocycles. The van der Waals surface area contributed by atoms with Gasteiger partial charge in [0.1, 0.15) is 0 Å². The fraction of sp³-hybridized carbons (Fsp3) is 0.440. The van der Waals surface area contributed by atoms with Crippen molar-refractivity contribution in [3.05, 3.63) is 52.6 Å². The lowest BCUT2D eigenvalue weighted by molar-refractivity contribution is 0.162. The lowest BCUT2D eigenvalue weighted by atomic mass is 9.77. The zero-order chi connectivity index (χ0) is 22.5. The van der Waals surface area contributed by atoms with Crippen molar-refractivity contribution < 1.29 is 14.0 Å². The second kappa shape index (κ2) is 10.3. The molecule has 1 aromatic carbocycles. The van der Waals surface area contributed by atoms with Crippen LogP contribution in [0.5, 0.6) is 11.5 Å². The maximum absolute atomic E-state index is 5.45. The molecular weight excluding hydrogens is 422 g/mol. The Kier molecular flexibility index (Phi) is 7.27. The van der Waals surface area contributed by atoms with Gasteiger partial charge in [0, 0.05) is 16.5 Å². The van der Waals surface area contributed by atoms with Crippen LogP contribution in [0.3, 0.4) is 0 Å². The van der Waals surface area contributed by atoms with Gasteiger partial charge in [-0.1, -0.05) is 17.3 Å². The molecule has 0 radical (unpaired) electrons. The quantitative estimate of drug-likeness (QED) is 0.421. The van der Waals surface area contributed by atoms with Crippen LogP contribution in [0.1, 0.15) is 42.5 Å². The summed E-state index contributed by atoms with van der Waals surface area (Å²) in [6.45, 7) is 0. The maximum Gasteiger partial charge on any atom is 0.250 e. The van der Waals surface area contributed by atoms with Crippen LogP contribution in [0, 0.1) is 11.8 Å². The van der Waals surface area contributed by atoms with Gasteiger partial charge < -0.3 is 18.9 Å². The van der Waals surface area contributed by atoms with E-state index in [4.69, 9.17) is 14.0 Å². The minimum atomic E-state index is 0.514. The summed E-state index contributed by atoms with van der Waals surface area (Å²) in [5, 5.41) is 6.31. The Bertz CT molecular complexity index is 1020. The zero-order valence-electron chi connectivity index (χ0n) is 19.2. The van der Waals surface area contributed by atoms with Crippen LogP contribution in [0.4, 0.5) is 0 Å². The first-order chi connectivity index (χ1) is 15.6. The third kappa shape index (κ3) is 5.05. The maximum atomic E-state index is 5.45. The van der Waals surface area contributed by atoms with Gasteiger partial charge in [0.2, 0.25) is 5.82 Å². The molecule has 6 nitrogen and oxygen atoms in total. The summed E-state index contributed by atoms with van der Waals surface area (Å²) < 4.78 is 16.1. The Labute approximate surface area is 193 Å². The average molecular weight is 454 g/mol. The number of hydrogen-bond donors (Lipinski definition) is 0. The van der Waals surface area contributed by atoms with Crippen LogP contribution >= 0.6 is 11.3 Å². The van der Waals surface area contributed by atoms with Crippen molar-refractivity contribution in [2.45, 2.75) is 31.7 Å². The molecule has 0 saturated heterocycles. The van der Waals surface area contributed by atoms with E-state index >= 15 is 0 Å². The molecule has 1 aliphatic carbocycles. The summed E-state index contributed by atoms with van der Waals surface area (Å²) in [5.41, 5.74) is 0.829. The van der Waals surface area contributed by atoms with Gasteiger partial charge in [-0.05, 0) is 87.3 Å². The molecule has 170 valence electrons. The van der Waals surface area contributed by atoms with E-state index in [1.54, 1.807) is 14.2 Å². The highest BCUT2D eigenvalue weighted by molar-refractivity contribution is 7.10. The van der Waals surface area contributed by atoms with Crippen LogP contribution in [0.25, 0.3) is 17.5 Å². The Hall–Kier alpha value is -2.64. The van der Waals surface area contributed by atoms with Gasteiger partial charge in [-0.3, -0.25) is 0 Å². The van der Waals surface area contributed by atoms with Crippen molar-refractivity contribution in [1.29, 1.82) is 0 Å². The Morgan fingerprint density at radius 1 is 1.09 bits per heavy atom. The van der Waals surface area contributed by atoms with E-state index in [2.05, 4.69) is 52.7 Å². The second-order valence-electron chi connectivity index (χ2n) is 8.48. The number of thiophene rings is 1. The van der Waals surface area contributed by atoms with E-state index < -0.39 is 0 Å². The van der Waals surface area contributed by atoms with Crippen LogP contribution in [-0.2, 0) is 0 Å². The molecule has 3 aromatic rings. The third-order valence-electron chi connectivity index (χ3n) is 6.25. The van der Waals surface area contributed by atoms with Gasteiger partial charge >= 0.3 is 0 Å². The Morgan fingerprint density at radius 3 is 2.53 bits per heavy atom. The summed E-state index contributed by atoms with van der Waals surface area (Å²) in [6, 6.07) is 10.5. The highest BCUT2D eigenvalue weighted by Gasteiger charge is 2.29. The summed E-state index contributed by atoms with van der Waals surface area (Å²) in [6.07, 6.45) is 9.04. The first kappa shape index (κ1) is 22.6. The monoisotopic (exact) mass is 453 g/mol. The first-order valence-corrected chi connectivity index (χ1v) is 11.9. The topological polar surface area (TPSA) is 60.6 Å². The highest BCUT2D eigenvalue weighted by Crippen LogP contribution is 2.41. The summed E-state index contributed by atoms with van der Waals surface area (Å²) in [5.74, 6) is 3.64. The molecule has 32 heavy (non-hydrogen) atoms. The number of aromatic nitrogens is 2. The highest BCUT2D eigenvalue weighted by atomic mass is 32.1. The van der Waals surface area contributed by atoms with Crippen molar-refractivity contribution >= 4 is 17.4 Å². The van der Waals surface area contributed by atoms with E-state index in [0.29, 0.717) is 41.1 Å². The summed E-state index contributed by atoms with van der Waals surface area (Å²) in [7, 11) is 7.62. The molecule has 1 aliphatic rings. The summed E-state index contributed by atoms with van der Waals surface area (Å²) in [4.78, 5) is 8.38. The largest absolute Gasteiger partial charge is 0.493 e. The van der Waals surface area contributed by atoms with Crippen molar-refractivity contribution in [1.82, 2.24) is 15.0 Å². The standard InChI is InChI=1S/C25H31N3O3S/c1-28(2)24(22-6-5-15-32-22)18-10-7-17(8-11-18)9-14-23-26-25(27-31-23)19-12-13-20(29-3)21(16-19)30-4/h5-6,9,12-18,24H,7-8,10-11H2,1-4H3. The molecule has 1 unspecified atom stereocenters. The molecular formula is C25H31N3O3S. The van der Waals surface area contributed by atoms with Crippen LogP contribution in [0.2, 0.25) is 0 Å². The van der Waals surface area contributed by atoms with Crippen molar-refractivity contribution in [3.63, 3.8) is 0 Å². The normalized spacial score (nSPS) is 20.0. The number of allylic oxidation sites excluding steroid dienone is 1. The van der Waals surface area contributed by atoms with Crippen LogP contribution in [0.15, 0.2) is 46.3 Å². The molecule has 0 N–H and O–H groups in total. The number of benzene rings is 1. The molecule has 4 rings (SSSR count). The van der Waals surface area contributed by atoms with Crippen LogP contribution in [-0.4, -0.2) is 43.4 Å². The average Bonchev–Trinajstić information content (AvgIpc) is 3.50. The van der Waals surface area contributed by atoms with Gasteiger partial charge in [-0.15, -0.1) is 11.3 Å². The Balaban J connectivity index is 1.37. The fourth-order valence-electron chi connectivity index (χ4n) is 4.64. The van der Waals surface area contributed by atoms with E-state index in [1.165, 1.54) is 30.6 Å². The number of rotatable bonds is 8. The lowest BCUT2D eigenvalue weighted by Crippen LogP contribution is -2.29. The summed E-state index contributed by atoms with van der Waals surface area (Å²) >= 11 is 1.87. The van der Waals surface area contributed by atoms with E-state index in [9.17, 15) is 0 Å². The predicted octanol–water partition coefficient (Wildman–Crippen LogP) is 5.94. The van der Waals surface area contributed by atoms with E-state index in [0.717, 1.165) is 5.56 Å². The first-order valence-electron chi connectivity index (χ1n) is 11.0. The van der Waals surface area contributed by atoms with Gasteiger partial charge in [0.25, 0.3) is 5.89 Å². The molecule has 0 spiro atoms. The number of nitrogens with zero attached hydrogens (tertiary/aromatic N) is 3. The number of methoxy groups -OCH3 is 2. The minimum Gasteiger partial charge on any atom is -0.493 e. The molecule has 1 atom stereocenters.